The van der Waals surface area contributed by atoms with E-state index in [2.05, 4.69) is 4.98 Å². The minimum Gasteiger partial charge on any atom is -0.269 e. The summed E-state index contributed by atoms with van der Waals surface area (Å²) in [7, 11) is 0. The summed E-state index contributed by atoms with van der Waals surface area (Å²) in [6.07, 6.45) is 3.27. The van der Waals surface area contributed by atoms with E-state index in [9.17, 15) is 14.0 Å². The predicted molar refractivity (Wildman–Crippen MR) is 95.8 cm³/mol. The predicted octanol–water partition coefficient (Wildman–Crippen LogP) is 3.64. The molecule has 128 valence electrons. The molecule has 0 N–H and O–H groups in total. The Bertz CT molecular complexity index is 832. The number of rotatable bonds is 5. The first-order chi connectivity index (χ1) is 12.0. The molecule has 1 aromatic heterocycles. The Hall–Kier alpha value is -2.47. The van der Waals surface area contributed by atoms with Crippen LogP contribution in [0, 0.1) is 5.82 Å². The molecule has 0 radical (unpaired) electrons. The zero-order chi connectivity index (χ0) is 18.0. The van der Waals surface area contributed by atoms with Crippen LogP contribution >= 0.6 is 11.8 Å². The highest BCUT2D eigenvalue weighted by atomic mass is 32.2. The van der Waals surface area contributed by atoms with E-state index in [1.54, 1.807) is 18.5 Å². The molecule has 1 aliphatic rings. The Morgan fingerprint density at radius 3 is 2.44 bits per heavy atom. The van der Waals surface area contributed by atoms with Crippen molar-refractivity contribution in [3.63, 3.8) is 0 Å². The van der Waals surface area contributed by atoms with E-state index in [1.165, 1.54) is 40.9 Å². The van der Waals surface area contributed by atoms with Gasteiger partial charge in [-0.05, 0) is 29.3 Å². The van der Waals surface area contributed by atoms with Crippen molar-refractivity contribution < 1.29 is 14.0 Å². The van der Waals surface area contributed by atoms with Gasteiger partial charge >= 0.3 is 0 Å². The lowest BCUT2D eigenvalue weighted by atomic mass is 10.1. The summed E-state index contributed by atoms with van der Waals surface area (Å²) in [6.45, 7) is 4.08. The van der Waals surface area contributed by atoms with Crippen LogP contribution in [-0.4, -0.2) is 26.9 Å². The zero-order valence-corrected chi connectivity index (χ0v) is 14.7. The van der Waals surface area contributed by atoms with Gasteiger partial charge in [-0.1, -0.05) is 32.0 Å². The largest absolute Gasteiger partial charge is 0.269 e. The molecule has 2 amide bonds. The molecule has 0 aliphatic carbocycles. The molecule has 0 spiro atoms. The van der Waals surface area contributed by atoms with Crippen LogP contribution in [0.1, 0.15) is 25.0 Å². The van der Waals surface area contributed by atoms with Crippen LogP contribution in [0.25, 0.3) is 5.57 Å². The van der Waals surface area contributed by atoms with Gasteiger partial charge < -0.3 is 0 Å². The molecule has 2 heterocycles. The molecule has 2 aromatic rings. The third-order valence-corrected chi connectivity index (χ3v) is 4.76. The zero-order valence-electron chi connectivity index (χ0n) is 13.9. The summed E-state index contributed by atoms with van der Waals surface area (Å²) in [6, 6.07) is 9.23. The summed E-state index contributed by atoms with van der Waals surface area (Å²) in [5.74, 6) is -1.05. The van der Waals surface area contributed by atoms with E-state index in [4.69, 9.17) is 0 Å². The van der Waals surface area contributed by atoms with Gasteiger partial charge in [0.2, 0.25) is 0 Å². The van der Waals surface area contributed by atoms with E-state index in [0.29, 0.717) is 16.0 Å². The lowest BCUT2D eigenvalue weighted by molar-refractivity contribution is -0.137. The minimum atomic E-state index is -0.383. The van der Waals surface area contributed by atoms with Crippen LogP contribution in [0.3, 0.4) is 0 Å². The number of amides is 2. The number of imide groups is 1. The number of aromatic nitrogens is 1. The molecular formula is C19H17FN2O2S. The summed E-state index contributed by atoms with van der Waals surface area (Å²) in [5.41, 5.74) is 1.67. The first-order valence-electron chi connectivity index (χ1n) is 7.89. The number of thioether (sulfide) groups is 1. The number of halogens is 1. The average molecular weight is 356 g/mol. The topological polar surface area (TPSA) is 50.3 Å². The molecular weight excluding hydrogens is 339 g/mol. The molecule has 0 bridgehead atoms. The Balaban J connectivity index is 1.99. The fraction of sp³-hybridized carbons (Fsp3) is 0.211. The van der Waals surface area contributed by atoms with Crippen LogP contribution in [0.15, 0.2) is 53.7 Å². The third-order valence-electron chi connectivity index (χ3n) is 3.68. The highest BCUT2D eigenvalue weighted by Crippen LogP contribution is 2.38. The minimum absolute atomic E-state index is 0.139. The second kappa shape index (κ2) is 7.19. The maximum atomic E-state index is 13.2. The first kappa shape index (κ1) is 17.4. The summed E-state index contributed by atoms with van der Waals surface area (Å²) in [5, 5.41) is 0.139. The van der Waals surface area contributed by atoms with Crippen molar-refractivity contribution >= 4 is 29.1 Å². The second-order valence-electron chi connectivity index (χ2n) is 5.94. The van der Waals surface area contributed by atoms with Crippen LogP contribution in [0.4, 0.5) is 4.39 Å². The van der Waals surface area contributed by atoms with Gasteiger partial charge in [-0.2, -0.15) is 0 Å². The maximum Gasteiger partial charge on any atom is 0.268 e. The van der Waals surface area contributed by atoms with Crippen molar-refractivity contribution in [3.05, 3.63) is 70.6 Å². The molecule has 0 unspecified atom stereocenters. The van der Waals surface area contributed by atoms with E-state index in [1.807, 2.05) is 19.9 Å². The number of hydrogen-bond donors (Lipinski definition) is 0. The van der Waals surface area contributed by atoms with Crippen LogP contribution < -0.4 is 0 Å². The number of benzene rings is 1. The second-order valence-corrected chi connectivity index (χ2v) is 7.52. The lowest BCUT2D eigenvalue weighted by Gasteiger charge is -2.15. The van der Waals surface area contributed by atoms with Crippen molar-refractivity contribution in [2.75, 3.05) is 0 Å². The van der Waals surface area contributed by atoms with Crippen molar-refractivity contribution in [3.8, 4) is 0 Å². The normalized spacial score (nSPS) is 14.8. The standard InChI is InChI=1S/C19H17FN2O2S/c1-12(2)25-17-16(14-5-7-15(20)8-6-14)18(23)22(19(17)24)11-13-4-3-9-21-10-13/h3-10,12H,11H2,1-2H3. The van der Waals surface area contributed by atoms with Crippen molar-refractivity contribution in [2.24, 2.45) is 0 Å². The van der Waals surface area contributed by atoms with Gasteiger partial charge in [0.25, 0.3) is 11.8 Å². The molecule has 25 heavy (non-hydrogen) atoms. The van der Waals surface area contributed by atoms with Gasteiger partial charge in [0.1, 0.15) is 5.82 Å². The highest BCUT2D eigenvalue weighted by molar-refractivity contribution is 8.04. The molecule has 0 fully saturated rings. The van der Waals surface area contributed by atoms with Gasteiger partial charge in [-0.3, -0.25) is 19.5 Å². The third kappa shape index (κ3) is 3.64. The van der Waals surface area contributed by atoms with E-state index < -0.39 is 0 Å². The van der Waals surface area contributed by atoms with Gasteiger partial charge in [0.15, 0.2) is 0 Å². The van der Waals surface area contributed by atoms with Crippen LogP contribution in [-0.2, 0) is 16.1 Å². The lowest BCUT2D eigenvalue weighted by Crippen LogP contribution is -2.31. The van der Waals surface area contributed by atoms with Gasteiger partial charge in [-0.15, -0.1) is 11.8 Å². The Labute approximate surface area is 149 Å². The average Bonchev–Trinajstić information content (AvgIpc) is 2.81. The Morgan fingerprint density at radius 1 is 1.12 bits per heavy atom. The fourth-order valence-corrected chi connectivity index (χ4v) is 3.59. The molecule has 1 aliphatic heterocycles. The molecule has 4 nitrogen and oxygen atoms in total. The monoisotopic (exact) mass is 356 g/mol. The molecule has 3 rings (SSSR count). The summed E-state index contributed by atoms with van der Waals surface area (Å²) >= 11 is 1.35. The smallest absolute Gasteiger partial charge is 0.268 e. The van der Waals surface area contributed by atoms with Gasteiger partial charge in [0.05, 0.1) is 17.0 Å². The van der Waals surface area contributed by atoms with E-state index in [-0.39, 0.29) is 29.4 Å². The SMILES string of the molecule is CC(C)SC1=C(c2ccc(F)cc2)C(=O)N(Cc2cccnc2)C1=O. The van der Waals surface area contributed by atoms with E-state index in [0.717, 1.165) is 5.56 Å². The number of hydrogen-bond acceptors (Lipinski definition) is 4. The van der Waals surface area contributed by atoms with E-state index >= 15 is 0 Å². The van der Waals surface area contributed by atoms with Crippen molar-refractivity contribution in [1.29, 1.82) is 0 Å². The number of carbonyl (C=O) groups excluding carboxylic acids is 2. The van der Waals surface area contributed by atoms with Gasteiger partial charge in [0, 0.05) is 17.6 Å². The number of pyridine rings is 1. The Kier molecular flexibility index (Phi) is 4.99. The van der Waals surface area contributed by atoms with Crippen LogP contribution in [0.2, 0.25) is 0 Å². The number of carbonyl (C=O) groups is 2. The highest BCUT2D eigenvalue weighted by Gasteiger charge is 2.39. The summed E-state index contributed by atoms with van der Waals surface area (Å²) in [4.78, 5) is 31.4. The van der Waals surface area contributed by atoms with Crippen molar-refractivity contribution in [2.45, 2.75) is 25.6 Å². The quantitative estimate of drug-likeness (QED) is 0.768. The molecule has 0 atom stereocenters. The maximum absolute atomic E-state index is 13.2. The van der Waals surface area contributed by atoms with Crippen molar-refractivity contribution in [1.82, 2.24) is 9.88 Å². The summed E-state index contributed by atoms with van der Waals surface area (Å²) < 4.78 is 13.2. The van der Waals surface area contributed by atoms with Gasteiger partial charge in [-0.25, -0.2) is 4.39 Å². The molecule has 1 aromatic carbocycles. The molecule has 6 heteroatoms. The number of nitrogens with zero attached hydrogens (tertiary/aromatic N) is 2. The van der Waals surface area contributed by atoms with Crippen LogP contribution in [0.5, 0.6) is 0 Å². The fourth-order valence-electron chi connectivity index (χ4n) is 2.59. The Morgan fingerprint density at radius 2 is 1.84 bits per heavy atom. The molecule has 0 saturated heterocycles. The first-order valence-corrected chi connectivity index (χ1v) is 8.77. The molecule has 0 saturated carbocycles.